The fourth-order valence-corrected chi connectivity index (χ4v) is 2.68. The molecule has 2 aromatic rings. The third-order valence-corrected chi connectivity index (χ3v) is 4.25. The minimum atomic E-state index is -1.51. The van der Waals surface area contributed by atoms with Gasteiger partial charge in [-0.05, 0) is 11.1 Å². The summed E-state index contributed by atoms with van der Waals surface area (Å²) < 4.78 is 10.5. The van der Waals surface area contributed by atoms with Crippen LogP contribution in [0.25, 0.3) is 0 Å². The van der Waals surface area contributed by atoms with E-state index < -0.39 is 23.4 Å². The third kappa shape index (κ3) is 3.87. The number of hydrogen-bond acceptors (Lipinski definition) is 6. The molecule has 0 aromatic heterocycles. The fourth-order valence-electron chi connectivity index (χ4n) is 2.68. The number of benzene rings is 2. The van der Waals surface area contributed by atoms with E-state index in [9.17, 15) is 14.4 Å². The Hall–Kier alpha value is -3.24. The summed E-state index contributed by atoms with van der Waals surface area (Å²) in [5.41, 5.74) is 0.122. The van der Waals surface area contributed by atoms with Gasteiger partial charge in [-0.1, -0.05) is 60.7 Å². The highest BCUT2D eigenvalue weighted by Crippen LogP contribution is 2.49. The summed E-state index contributed by atoms with van der Waals surface area (Å²) in [6.45, 7) is 0.137. The number of aliphatic imine (C=N–C) groups is 1. The Morgan fingerprint density at radius 2 is 1.50 bits per heavy atom. The van der Waals surface area contributed by atoms with Gasteiger partial charge in [-0.3, -0.25) is 4.79 Å². The van der Waals surface area contributed by atoms with E-state index in [1.165, 1.54) is 6.08 Å². The van der Waals surface area contributed by atoms with Crippen molar-refractivity contribution >= 4 is 18.0 Å². The number of rotatable bonds is 7. The van der Waals surface area contributed by atoms with Crippen LogP contribution in [0.4, 0.5) is 0 Å². The fraction of sp³-hybridized carbons (Fsp3) is 0.250. The van der Waals surface area contributed by atoms with Crippen LogP contribution in [-0.2, 0) is 37.1 Å². The molecule has 0 aliphatic heterocycles. The first kappa shape index (κ1) is 17.6. The maximum absolute atomic E-state index is 12.4. The third-order valence-electron chi connectivity index (χ3n) is 4.25. The van der Waals surface area contributed by atoms with Gasteiger partial charge < -0.3 is 9.47 Å². The van der Waals surface area contributed by atoms with Crippen molar-refractivity contribution in [3.8, 4) is 0 Å². The Labute approximate surface area is 150 Å². The molecule has 6 nitrogen and oxygen atoms in total. The lowest BCUT2D eigenvalue weighted by Crippen LogP contribution is -2.28. The first-order valence-electron chi connectivity index (χ1n) is 8.16. The zero-order valence-corrected chi connectivity index (χ0v) is 14.0. The van der Waals surface area contributed by atoms with Crippen LogP contribution in [0.5, 0.6) is 0 Å². The van der Waals surface area contributed by atoms with Gasteiger partial charge in [0.25, 0.3) is 0 Å². The van der Waals surface area contributed by atoms with E-state index in [4.69, 9.17) is 9.47 Å². The van der Waals surface area contributed by atoms with Gasteiger partial charge in [-0.25, -0.2) is 9.59 Å². The molecular formula is C20H17NO5. The summed E-state index contributed by atoms with van der Waals surface area (Å²) in [6, 6.07) is 18.3. The Morgan fingerprint density at radius 1 is 0.962 bits per heavy atom. The van der Waals surface area contributed by atoms with E-state index >= 15 is 0 Å². The van der Waals surface area contributed by atoms with Gasteiger partial charge in [0.2, 0.25) is 6.08 Å². The SMILES string of the molecule is O=C=N[C@@]1(C(=O)OCc2ccccc2)CC1C(=O)OCc1ccccc1. The van der Waals surface area contributed by atoms with E-state index in [2.05, 4.69) is 4.99 Å². The number of hydrogen-bond donors (Lipinski definition) is 0. The van der Waals surface area contributed by atoms with Crippen molar-refractivity contribution < 1.29 is 23.9 Å². The Morgan fingerprint density at radius 3 is 2.04 bits per heavy atom. The highest BCUT2D eigenvalue weighted by Gasteiger charge is 2.67. The van der Waals surface area contributed by atoms with Crippen LogP contribution in [-0.4, -0.2) is 23.6 Å². The lowest BCUT2D eigenvalue weighted by atomic mass is 10.2. The number of nitrogens with zero attached hydrogens (tertiary/aromatic N) is 1. The van der Waals surface area contributed by atoms with E-state index in [0.29, 0.717) is 0 Å². The monoisotopic (exact) mass is 351 g/mol. The summed E-state index contributed by atoms with van der Waals surface area (Å²) in [4.78, 5) is 38.9. The van der Waals surface area contributed by atoms with Gasteiger partial charge in [0.1, 0.15) is 13.2 Å². The van der Waals surface area contributed by atoms with Crippen molar-refractivity contribution in [3.05, 3.63) is 71.8 Å². The number of ether oxygens (including phenoxy) is 2. The summed E-state index contributed by atoms with van der Waals surface area (Å²) in [5.74, 6) is -2.12. The molecule has 1 aliphatic carbocycles. The smallest absolute Gasteiger partial charge is 0.336 e. The zero-order valence-electron chi connectivity index (χ0n) is 14.0. The molecule has 0 bridgehead atoms. The highest BCUT2D eigenvalue weighted by atomic mass is 16.5. The molecule has 1 saturated carbocycles. The van der Waals surface area contributed by atoms with Crippen LogP contribution in [0.2, 0.25) is 0 Å². The molecule has 0 radical (unpaired) electrons. The van der Waals surface area contributed by atoms with Crippen LogP contribution in [0.1, 0.15) is 17.5 Å². The molecule has 2 atom stereocenters. The largest absolute Gasteiger partial charge is 0.461 e. The van der Waals surface area contributed by atoms with Gasteiger partial charge in [-0.2, -0.15) is 4.99 Å². The molecule has 2 aromatic carbocycles. The van der Waals surface area contributed by atoms with Crippen LogP contribution in [0.15, 0.2) is 65.7 Å². The van der Waals surface area contributed by atoms with E-state index in [-0.39, 0.29) is 19.6 Å². The summed E-state index contributed by atoms with van der Waals surface area (Å²) >= 11 is 0. The standard InChI is InChI=1S/C20H17NO5/c22-14-21-20(19(24)26-13-16-9-5-2-6-10-16)11-17(20)18(23)25-12-15-7-3-1-4-8-15/h1-10,17H,11-13H2/t17?,20-/m0/s1. The first-order valence-corrected chi connectivity index (χ1v) is 8.16. The molecule has 0 heterocycles. The highest BCUT2D eigenvalue weighted by molar-refractivity contribution is 5.95. The molecule has 1 unspecified atom stereocenters. The summed E-state index contributed by atoms with van der Waals surface area (Å²) in [5, 5.41) is 0. The van der Waals surface area contributed by atoms with E-state index in [0.717, 1.165) is 11.1 Å². The average molecular weight is 351 g/mol. The molecule has 26 heavy (non-hydrogen) atoms. The number of carbonyl (C=O) groups excluding carboxylic acids is 3. The van der Waals surface area contributed by atoms with Crippen molar-refractivity contribution in [2.75, 3.05) is 0 Å². The number of isocyanates is 1. The van der Waals surface area contributed by atoms with Gasteiger partial charge in [0.15, 0.2) is 5.54 Å². The van der Waals surface area contributed by atoms with Crippen LogP contribution >= 0.6 is 0 Å². The molecular weight excluding hydrogens is 334 g/mol. The van der Waals surface area contributed by atoms with Gasteiger partial charge >= 0.3 is 11.9 Å². The Kier molecular flexibility index (Phi) is 5.25. The average Bonchev–Trinajstić information content (AvgIpc) is 3.42. The van der Waals surface area contributed by atoms with Crippen molar-refractivity contribution in [1.82, 2.24) is 0 Å². The molecule has 0 amide bonds. The first-order chi connectivity index (χ1) is 12.7. The predicted molar refractivity (Wildman–Crippen MR) is 91.4 cm³/mol. The maximum Gasteiger partial charge on any atom is 0.336 e. The zero-order chi connectivity index (χ0) is 18.4. The molecule has 0 saturated heterocycles. The normalized spacial score (nSPS) is 20.5. The Bertz CT molecular complexity index is 830. The predicted octanol–water partition coefficient (Wildman–Crippen LogP) is 2.57. The van der Waals surface area contributed by atoms with Crippen molar-refractivity contribution in [3.63, 3.8) is 0 Å². The molecule has 1 fully saturated rings. The van der Waals surface area contributed by atoms with Crippen LogP contribution < -0.4 is 0 Å². The van der Waals surface area contributed by atoms with Crippen molar-refractivity contribution in [2.45, 2.75) is 25.2 Å². The molecule has 3 rings (SSSR count). The van der Waals surface area contributed by atoms with Gasteiger partial charge in [0, 0.05) is 6.42 Å². The second-order valence-corrected chi connectivity index (χ2v) is 6.04. The molecule has 1 aliphatic rings. The van der Waals surface area contributed by atoms with E-state index in [1.807, 2.05) is 48.5 Å². The lowest BCUT2D eigenvalue weighted by molar-refractivity contribution is -0.153. The van der Waals surface area contributed by atoms with Crippen molar-refractivity contribution in [2.24, 2.45) is 10.9 Å². The summed E-state index contributed by atoms with van der Waals surface area (Å²) in [7, 11) is 0. The molecule has 132 valence electrons. The van der Waals surface area contributed by atoms with Crippen molar-refractivity contribution in [1.29, 1.82) is 0 Å². The van der Waals surface area contributed by atoms with Crippen LogP contribution in [0.3, 0.4) is 0 Å². The minimum absolute atomic E-state index is 0.0432. The van der Waals surface area contributed by atoms with Gasteiger partial charge in [0.05, 0.1) is 5.92 Å². The second-order valence-electron chi connectivity index (χ2n) is 6.04. The van der Waals surface area contributed by atoms with E-state index in [1.54, 1.807) is 12.1 Å². The minimum Gasteiger partial charge on any atom is -0.461 e. The molecule has 0 spiro atoms. The van der Waals surface area contributed by atoms with Gasteiger partial charge in [-0.15, -0.1) is 0 Å². The topological polar surface area (TPSA) is 82.0 Å². The molecule has 0 N–H and O–H groups in total. The quantitative estimate of drug-likeness (QED) is 0.435. The molecule has 6 heteroatoms. The van der Waals surface area contributed by atoms with Crippen LogP contribution in [0, 0.1) is 5.92 Å². The lowest BCUT2D eigenvalue weighted by Gasteiger charge is -2.11. The Balaban J connectivity index is 1.59. The second kappa shape index (κ2) is 7.76. The number of carbonyl (C=O) groups is 2. The summed E-state index contributed by atoms with van der Waals surface area (Å²) in [6.07, 6.45) is 1.46. The number of esters is 2. The maximum atomic E-state index is 12.4.